The van der Waals surface area contributed by atoms with Crippen molar-refractivity contribution in [2.45, 2.75) is 25.0 Å². The van der Waals surface area contributed by atoms with Crippen molar-refractivity contribution in [3.63, 3.8) is 0 Å². The molecule has 1 aromatic carbocycles. The fourth-order valence-electron chi connectivity index (χ4n) is 3.10. The standard InChI is InChI=1S/C16H23N3O4S/c1-18-9-7-12(8-10-18)17-16(20)15-11-19(24(2,21)22)13-5-3-4-6-14(13)23-15/h3-6,12,15H,7-11H2,1-2H3,(H,17,20)/t15-/m0/s1. The Labute approximate surface area is 142 Å². The Balaban J connectivity index is 1.74. The summed E-state index contributed by atoms with van der Waals surface area (Å²) in [6.45, 7) is 1.87. The van der Waals surface area contributed by atoms with E-state index >= 15 is 0 Å². The first kappa shape index (κ1) is 17.0. The van der Waals surface area contributed by atoms with Crippen molar-refractivity contribution < 1.29 is 17.9 Å². The first-order chi connectivity index (χ1) is 11.3. The topological polar surface area (TPSA) is 79.0 Å². The number of carbonyl (C=O) groups is 1. The zero-order chi connectivity index (χ0) is 17.3. The highest BCUT2D eigenvalue weighted by atomic mass is 32.2. The lowest BCUT2D eigenvalue weighted by atomic mass is 10.1. The lowest BCUT2D eigenvalue weighted by molar-refractivity contribution is -0.128. The lowest BCUT2D eigenvalue weighted by Crippen LogP contribution is -2.53. The van der Waals surface area contributed by atoms with Gasteiger partial charge in [0, 0.05) is 6.04 Å². The Hall–Kier alpha value is -1.80. The first-order valence-electron chi connectivity index (χ1n) is 8.07. The fraction of sp³-hybridized carbons (Fsp3) is 0.562. The lowest BCUT2D eigenvalue weighted by Gasteiger charge is -2.35. The van der Waals surface area contributed by atoms with E-state index in [1.165, 1.54) is 4.31 Å². The van der Waals surface area contributed by atoms with Crippen LogP contribution >= 0.6 is 0 Å². The third-order valence-electron chi connectivity index (χ3n) is 4.49. The van der Waals surface area contributed by atoms with Crippen LogP contribution in [0.15, 0.2) is 24.3 Å². The molecule has 2 heterocycles. The van der Waals surface area contributed by atoms with E-state index in [1.807, 2.05) is 0 Å². The van der Waals surface area contributed by atoms with E-state index < -0.39 is 16.1 Å². The van der Waals surface area contributed by atoms with Gasteiger partial charge in [0.05, 0.1) is 18.5 Å². The van der Waals surface area contributed by atoms with Crippen LogP contribution in [0.3, 0.4) is 0 Å². The zero-order valence-corrected chi connectivity index (χ0v) is 14.8. The maximum atomic E-state index is 12.6. The molecule has 1 N–H and O–H groups in total. The number of sulfonamides is 1. The molecule has 1 amide bonds. The predicted octanol–water partition coefficient (Wildman–Crippen LogP) is 0.424. The normalized spacial score (nSPS) is 22.6. The second kappa shape index (κ2) is 6.60. The summed E-state index contributed by atoms with van der Waals surface area (Å²) in [5.41, 5.74) is 0.475. The molecule has 0 saturated carbocycles. The van der Waals surface area contributed by atoms with E-state index in [9.17, 15) is 13.2 Å². The monoisotopic (exact) mass is 353 g/mol. The van der Waals surface area contributed by atoms with Gasteiger partial charge in [0.2, 0.25) is 10.0 Å². The number of fused-ring (bicyclic) bond motifs is 1. The predicted molar refractivity (Wildman–Crippen MR) is 91.7 cm³/mol. The number of para-hydroxylation sites is 2. The van der Waals surface area contributed by atoms with Crippen LogP contribution in [0.1, 0.15) is 12.8 Å². The SMILES string of the molecule is CN1CCC(NC(=O)[C@@H]2CN(S(C)(=O)=O)c3ccccc3O2)CC1. The van der Waals surface area contributed by atoms with Gasteiger partial charge in [0.15, 0.2) is 6.10 Å². The molecule has 132 valence electrons. The van der Waals surface area contributed by atoms with Gasteiger partial charge in [-0.1, -0.05) is 12.1 Å². The number of piperidine rings is 1. The molecule has 1 saturated heterocycles. The number of nitrogens with zero attached hydrogens (tertiary/aromatic N) is 2. The third-order valence-corrected chi connectivity index (χ3v) is 5.64. The molecule has 2 aliphatic heterocycles. The average molecular weight is 353 g/mol. The molecule has 0 radical (unpaired) electrons. The number of carbonyl (C=O) groups excluding carboxylic acids is 1. The highest BCUT2D eigenvalue weighted by molar-refractivity contribution is 7.92. The summed E-state index contributed by atoms with van der Waals surface area (Å²) in [6.07, 6.45) is 2.08. The average Bonchev–Trinajstić information content (AvgIpc) is 2.55. The number of hydrogen-bond acceptors (Lipinski definition) is 5. The Morgan fingerprint density at radius 1 is 1.25 bits per heavy atom. The number of hydrogen-bond donors (Lipinski definition) is 1. The smallest absolute Gasteiger partial charge is 0.263 e. The summed E-state index contributed by atoms with van der Waals surface area (Å²) in [7, 11) is -1.42. The Morgan fingerprint density at radius 3 is 2.58 bits per heavy atom. The molecule has 0 spiro atoms. The fourth-order valence-corrected chi connectivity index (χ4v) is 4.01. The van der Waals surface area contributed by atoms with Gasteiger partial charge in [-0.2, -0.15) is 0 Å². The van der Waals surface area contributed by atoms with Crippen molar-refractivity contribution in [2.75, 3.05) is 37.2 Å². The molecule has 2 aliphatic rings. The first-order valence-corrected chi connectivity index (χ1v) is 9.92. The quantitative estimate of drug-likeness (QED) is 0.852. The number of benzene rings is 1. The van der Waals surface area contributed by atoms with Gasteiger partial charge in [-0.15, -0.1) is 0 Å². The van der Waals surface area contributed by atoms with Crippen molar-refractivity contribution in [3.8, 4) is 5.75 Å². The van der Waals surface area contributed by atoms with Crippen molar-refractivity contribution in [2.24, 2.45) is 0 Å². The van der Waals surface area contributed by atoms with Crippen LogP contribution in [0.4, 0.5) is 5.69 Å². The van der Waals surface area contributed by atoms with Crippen molar-refractivity contribution >= 4 is 21.6 Å². The van der Waals surface area contributed by atoms with E-state index in [1.54, 1.807) is 24.3 Å². The molecule has 3 rings (SSSR count). The highest BCUT2D eigenvalue weighted by Crippen LogP contribution is 2.34. The van der Waals surface area contributed by atoms with Crippen LogP contribution in [0.2, 0.25) is 0 Å². The Kier molecular flexibility index (Phi) is 4.69. The summed E-state index contributed by atoms with van der Waals surface area (Å²) in [6, 6.07) is 6.99. The highest BCUT2D eigenvalue weighted by Gasteiger charge is 2.35. The molecule has 0 unspecified atom stereocenters. The zero-order valence-electron chi connectivity index (χ0n) is 13.9. The number of amides is 1. The number of likely N-dealkylation sites (tertiary alicyclic amines) is 1. The van der Waals surface area contributed by atoms with Crippen molar-refractivity contribution in [1.29, 1.82) is 0 Å². The van der Waals surface area contributed by atoms with E-state index in [4.69, 9.17) is 4.74 Å². The molecular weight excluding hydrogens is 330 g/mol. The molecular formula is C16H23N3O4S. The van der Waals surface area contributed by atoms with Crippen LogP contribution in [-0.2, 0) is 14.8 Å². The van der Waals surface area contributed by atoms with Gasteiger partial charge in [-0.3, -0.25) is 9.10 Å². The van der Waals surface area contributed by atoms with Crippen molar-refractivity contribution in [3.05, 3.63) is 24.3 Å². The van der Waals surface area contributed by atoms with Gasteiger partial charge in [-0.05, 0) is 45.1 Å². The third kappa shape index (κ3) is 3.64. The molecule has 1 aromatic rings. The Bertz CT molecular complexity index is 714. The summed E-state index contributed by atoms with van der Waals surface area (Å²) in [5, 5.41) is 3.00. The maximum absolute atomic E-state index is 12.6. The van der Waals surface area contributed by atoms with Gasteiger partial charge in [0.25, 0.3) is 5.91 Å². The number of rotatable bonds is 3. The largest absolute Gasteiger partial charge is 0.476 e. The van der Waals surface area contributed by atoms with Crippen LogP contribution in [0, 0.1) is 0 Å². The summed E-state index contributed by atoms with van der Waals surface area (Å²) in [4.78, 5) is 14.8. The van der Waals surface area contributed by atoms with Crippen molar-refractivity contribution in [1.82, 2.24) is 10.2 Å². The molecule has 24 heavy (non-hydrogen) atoms. The molecule has 0 aliphatic carbocycles. The van der Waals surface area contributed by atoms with Gasteiger partial charge < -0.3 is 15.0 Å². The number of nitrogens with one attached hydrogen (secondary N) is 1. The number of anilines is 1. The molecule has 0 bridgehead atoms. The minimum atomic E-state index is -3.48. The van der Waals surface area contributed by atoms with Gasteiger partial charge >= 0.3 is 0 Å². The molecule has 1 atom stereocenters. The minimum Gasteiger partial charge on any atom is -0.476 e. The molecule has 0 aromatic heterocycles. The van der Waals surface area contributed by atoms with Crippen LogP contribution in [0.5, 0.6) is 5.75 Å². The molecule has 7 nitrogen and oxygen atoms in total. The molecule has 1 fully saturated rings. The summed E-state index contributed by atoms with van der Waals surface area (Å²) < 4.78 is 31.1. The summed E-state index contributed by atoms with van der Waals surface area (Å²) in [5.74, 6) is 0.158. The van der Waals surface area contributed by atoms with Crippen LogP contribution in [-0.4, -0.2) is 64.3 Å². The van der Waals surface area contributed by atoms with Crippen LogP contribution in [0.25, 0.3) is 0 Å². The van der Waals surface area contributed by atoms with Gasteiger partial charge in [0.1, 0.15) is 5.75 Å². The Morgan fingerprint density at radius 2 is 1.92 bits per heavy atom. The van der Waals surface area contributed by atoms with Gasteiger partial charge in [-0.25, -0.2) is 8.42 Å². The maximum Gasteiger partial charge on any atom is 0.263 e. The van der Waals surface area contributed by atoms with Crippen LogP contribution < -0.4 is 14.4 Å². The van der Waals surface area contributed by atoms with E-state index in [2.05, 4.69) is 17.3 Å². The van der Waals surface area contributed by atoms with E-state index in [0.29, 0.717) is 11.4 Å². The van der Waals surface area contributed by atoms with E-state index in [0.717, 1.165) is 32.2 Å². The van der Waals surface area contributed by atoms with E-state index in [-0.39, 0.29) is 18.5 Å². The second-order valence-electron chi connectivity index (χ2n) is 6.45. The second-order valence-corrected chi connectivity index (χ2v) is 8.36. The number of ether oxygens (including phenoxy) is 1. The minimum absolute atomic E-state index is 0.00565. The summed E-state index contributed by atoms with van der Waals surface area (Å²) >= 11 is 0. The molecule has 8 heteroatoms.